The van der Waals surface area contributed by atoms with E-state index >= 15 is 0 Å². The minimum Gasteiger partial charge on any atom is -0.596 e. The third-order valence-electron chi connectivity index (χ3n) is 1.19. The Morgan fingerprint density at radius 1 is 1.75 bits per heavy atom. The first-order valence-electron chi connectivity index (χ1n) is 3.18. The molecule has 0 radical (unpaired) electrons. The highest BCUT2D eigenvalue weighted by molar-refractivity contribution is 5.01. The van der Waals surface area contributed by atoms with Crippen LogP contribution in [0.15, 0.2) is 22.0 Å². The molecule has 1 aliphatic rings. The summed E-state index contributed by atoms with van der Waals surface area (Å²) in [4.78, 5) is 0.437. The van der Waals surface area contributed by atoms with Crippen LogP contribution in [0, 0.1) is 5.21 Å². The molecule has 2 rings (SSSR count). The van der Waals surface area contributed by atoms with Crippen molar-refractivity contribution in [3.8, 4) is 5.88 Å². The SMILES string of the molecule is [O-][N+]1=NC1OCOc1ccon1. The zero-order valence-electron chi connectivity index (χ0n) is 5.91. The van der Waals surface area contributed by atoms with Crippen molar-refractivity contribution in [1.29, 1.82) is 0 Å². The Bertz CT molecular complexity index is 283. The predicted molar refractivity (Wildman–Crippen MR) is 32.9 cm³/mol. The maximum atomic E-state index is 10.2. The Morgan fingerprint density at radius 3 is 3.17 bits per heavy atom. The first-order chi connectivity index (χ1) is 5.86. The topological polar surface area (TPSA) is 82.9 Å². The van der Waals surface area contributed by atoms with Crippen LogP contribution in [0.5, 0.6) is 5.88 Å². The van der Waals surface area contributed by atoms with Gasteiger partial charge in [0.2, 0.25) is 0 Å². The highest BCUT2D eigenvalue weighted by Gasteiger charge is 2.35. The van der Waals surface area contributed by atoms with Crippen LogP contribution in [0.1, 0.15) is 0 Å². The van der Waals surface area contributed by atoms with Gasteiger partial charge < -0.3 is 14.5 Å². The van der Waals surface area contributed by atoms with Crippen LogP contribution in [0.2, 0.25) is 0 Å². The second kappa shape index (κ2) is 2.78. The van der Waals surface area contributed by atoms with E-state index in [0.717, 1.165) is 0 Å². The van der Waals surface area contributed by atoms with E-state index < -0.39 is 6.35 Å². The largest absolute Gasteiger partial charge is 0.596 e. The van der Waals surface area contributed by atoms with Gasteiger partial charge in [0.15, 0.2) is 6.79 Å². The summed E-state index contributed by atoms with van der Waals surface area (Å²) in [6.07, 6.45) is 0.661. The van der Waals surface area contributed by atoms with Crippen molar-refractivity contribution in [2.45, 2.75) is 6.35 Å². The molecule has 0 N–H and O–H groups in total. The predicted octanol–water partition coefficient (Wildman–Crippen LogP) is 0.287. The highest BCUT2D eigenvalue weighted by atomic mass is 16.7. The maximum Gasteiger partial charge on any atom is 0.452 e. The molecule has 1 aromatic rings. The number of rotatable bonds is 4. The Kier molecular flexibility index (Phi) is 1.63. The summed E-state index contributed by atoms with van der Waals surface area (Å²) in [5.41, 5.74) is 0. The molecule has 0 bridgehead atoms. The van der Waals surface area contributed by atoms with E-state index in [-0.39, 0.29) is 6.79 Å². The van der Waals surface area contributed by atoms with Crippen molar-refractivity contribution in [3.63, 3.8) is 0 Å². The van der Waals surface area contributed by atoms with Gasteiger partial charge >= 0.3 is 6.35 Å². The van der Waals surface area contributed by atoms with Crippen molar-refractivity contribution >= 4 is 0 Å². The van der Waals surface area contributed by atoms with Crippen LogP contribution in [0.3, 0.4) is 0 Å². The molecule has 1 atom stereocenters. The number of hydrogen-bond acceptors (Lipinski definition) is 6. The summed E-state index contributed by atoms with van der Waals surface area (Å²) in [6, 6.07) is 1.53. The lowest BCUT2D eigenvalue weighted by Gasteiger charge is -1.97. The molecule has 0 saturated heterocycles. The molecule has 1 aromatic heterocycles. The molecule has 2 heterocycles. The first kappa shape index (κ1) is 7.04. The maximum absolute atomic E-state index is 10.2. The van der Waals surface area contributed by atoms with E-state index in [9.17, 15) is 5.21 Å². The van der Waals surface area contributed by atoms with Gasteiger partial charge in [-0.05, 0) is 10.0 Å². The molecule has 64 valence electrons. The lowest BCUT2D eigenvalue weighted by Crippen LogP contribution is -2.08. The van der Waals surface area contributed by atoms with E-state index in [0.29, 0.717) is 10.7 Å². The van der Waals surface area contributed by atoms with Gasteiger partial charge in [-0.2, -0.15) is 0 Å². The standard InChI is InChI=1S/C5H5N3O4/c9-8-5(6-8)11-3-10-4-1-2-12-7-4/h1-2,5H,3H2. The van der Waals surface area contributed by atoms with Crippen LogP contribution in [0.25, 0.3) is 0 Å². The molecule has 7 nitrogen and oxygen atoms in total. The van der Waals surface area contributed by atoms with Crippen LogP contribution in [-0.4, -0.2) is 23.2 Å². The zero-order valence-corrected chi connectivity index (χ0v) is 5.91. The van der Waals surface area contributed by atoms with E-state index in [1.807, 2.05) is 0 Å². The number of nitrogens with zero attached hydrogens (tertiary/aromatic N) is 3. The quantitative estimate of drug-likeness (QED) is 0.369. The third kappa shape index (κ3) is 1.51. The fraction of sp³-hybridized carbons (Fsp3) is 0.400. The average molecular weight is 171 g/mol. The number of hydrogen-bond donors (Lipinski definition) is 0. The second-order valence-corrected chi connectivity index (χ2v) is 2.01. The minimum absolute atomic E-state index is 0.0700. The molecule has 1 unspecified atom stereocenters. The Morgan fingerprint density at radius 2 is 2.58 bits per heavy atom. The van der Waals surface area contributed by atoms with Crippen LogP contribution >= 0.6 is 0 Å². The molecule has 7 heteroatoms. The van der Waals surface area contributed by atoms with Gasteiger partial charge in [-0.3, -0.25) is 4.74 Å². The summed E-state index contributed by atoms with van der Waals surface area (Å²) in [5.74, 6) is 0.313. The van der Waals surface area contributed by atoms with E-state index in [1.54, 1.807) is 0 Å². The van der Waals surface area contributed by atoms with Crippen molar-refractivity contribution in [2.75, 3.05) is 6.79 Å². The van der Waals surface area contributed by atoms with Gasteiger partial charge in [0.1, 0.15) is 6.26 Å². The van der Waals surface area contributed by atoms with Crippen molar-refractivity contribution < 1.29 is 18.9 Å². The summed E-state index contributed by atoms with van der Waals surface area (Å²) >= 11 is 0. The lowest BCUT2D eigenvalue weighted by molar-refractivity contribution is -0.462. The molecule has 0 saturated carbocycles. The zero-order chi connectivity index (χ0) is 8.39. The number of aromatic nitrogens is 1. The van der Waals surface area contributed by atoms with Gasteiger partial charge in [-0.15, -0.1) is 0 Å². The van der Waals surface area contributed by atoms with Crippen LogP contribution in [-0.2, 0) is 4.74 Å². The highest BCUT2D eigenvalue weighted by Crippen LogP contribution is 2.11. The molecular formula is C5H5N3O4. The van der Waals surface area contributed by atoms with Gasteiger partial charge in [-0.25, -0.2) is 0 Å². The molecule has 0 aromatic carbocycles. The Labute approximate surface area is 66.8 Å². The average Bonchev–Trinajstić information content (AvgIpc) is 2.58. The Balaban J connectivity index is 1.64. The fourth-order valence-electron chi connectivity index (χ4n) is 0.596. The lowest BCUT2D eigenvalue weighted by atomic mass is 10.7. The summed E-state index contributed by atoms with van der Waals surface area (Å²) in [6.45, 7) is -0.0700. The smallest absolute Gasteiger partial charge is 0.452 e. The first-order valence-corrected chi connectivity index (χ1v) is 3.18. The van der Waals surface area contributed by atoms with Crippen molar-refractivity contribution in [1.82, 2.24) is 5.16 Å². The molecule has 0 spiro atoms. The Hall–Kier alpha value is -1.63. The van der Waals surface area contributed by atoms with Gasteiger partial charge in [0.25, 0.3) is 5.88 Å². The molecule has 0 fully saturated rings. The summed E-state index contributed by atoms with van der Waals surface area (Å²) < 4.78 is 14.2. The van der Waals surface area contributed by atoms with Gasteiger partial charge in [0, 0.05) is 6.07 Å². The molecular weight excluding hydrogens is 166 g/mol. The minimum atomic E-state index is -0.711. The number of ether oxygens (including phenoxy) is 2. The third-order valence-corrected chi connectivity index (χ3v) is 1.19. The molecule has 1 aliphatic heterocycles. The summed E-state index contributed by atoms with van der Waals surface area (Å²) in [7, 11) is 0. The number of hydroxylamine groups is 1. The fourth-order valence-corrected chi connectivity index (χ4v) is 0.596. The van der Waals surface area contributed by atoms with E-state index in [1.165, 1.54) is 12.3 Å². The monoisotopic (exact) mass is 171 g/mol. The van der Waals surface area contributed by atoms with Crippen molar-refractivity contribution in [2.24, 2.45) is 5.11 Å². The molecule has 12 heavy (non-hydrogen) atoms. The van der Waals surface area contributed by atoms with Crippen molar-refractivity contribution in [3.05, 3.63) is 17.5 Å². The van der Waals surface area contributed by atoms with E-state index in [2.05, 4.69) is 14.8 Å². The van der Waals surface area contributed by atoms with Gasteiger partial charge in [0.05, 0.1) is 5.11 Å². The van der Waals surface area contributed by atoms with Crippen LogP contribution in [0.4, 0.5) is 0 Å². The summed E-state index contributed by atoms with van der Waals surface area (Å²) in [5, 5.41) is 17.0. The normalized spacial score (nSPS) is 20.3. The molecule has 0 aliphatic carbocycles. The molecule has 0 amide bonds. The van der Waals surface area contributed by atoms with E-state index in [4.69, 9.17) is 9.47 Å². The second-order valence-electron chi connectivity index (χ2n) is 2.01. The van der Waals surface area contributed by atoms with Gasteiger partial charge in [-0.1, -0.05) is 0 Å². The van der Waals surface area contributed by atoms with Crippen LogP contribution < -0.4 is 4.74 Å².